The Balaban J connectivity index is 1.67. The number of benzene rings is 1. The van der Waals surface area contributed by atoms with Gasteiger partial charge in [0.05, 0.1) is 16.5 Å². The van der Waals surface area contributed by atoms with Gasteiger partial charge in [-0.25, -0.2) is 13.4 Å². The Morgan fingerprint density at radius 1 is 1.21 bits per heavy atom. The number of alkyl halides is 3. The number of piperazine rings is 1. The fourth-order valence-corrected chi connectivity index (χ4v) is 5.17. The number of hydrogen-bond donors (Lipinski definition) is 1. The van der Waals surface area contributed by atoms with Crippen LogP contribution in [-0.4, -0.2) is 56.4 Å². The monoisotopic (exact) mass is 448 g/mol. The summed E-state index contributed by atoms with van der Waals surface area (Å²) in [6.07, 6.45) is -3.14. The minimum absolute atomic E-state index is 0.365. The summed E-state index contributed by atoms with van der Waals surface area (Å²) in [4.78, 5) is 19.4. The summed E-state index contributed by atoms with van der Waals surface area (Å²) in [5.41, 5.74) is -1.27. The van der Waals surface area contributed by atoms with Crippen LogP contribution in [0.25, 0.3) is 0 Å². The van der Waals surface area contributed by atoms with E-state index >= 15 is 0 Å². The molecular weight excluding hydrogens is 429 g/mol. The Labute approximate surface area is 170 Å². The van der Waals surface area contributed by atoms with Gasteiger partial charge in [0.25, 0.3) is 0 Å². The van der Waals surface area contributed by atoms with Gasteiger partial charge in [0.1, 0.15) is 0 Å². The summed E-state index contributed by atoms with van der Waals surface area (Å²) in [7, 11) is -4.54. The lowest BCUT2D eigenvalue weighted by atomic mass is 10.2. The zero-order valence-corrected chi connectivity index (χ0v) is 17.0. The van der Waals surface area contributed by atoms with Crippen LogP contribution in [0.1, 0.15) is 12.5 Å². The first-order valence-electron chi connectivity index (χ1n) is 8.71. The van der Waals surface area contributed by atoms with Gasteiger partial charge in [0, 0.05) is 37.8 Å². The van der Waals surface area contributed by atoms with E-state index in [1.54, 1.807) is 6.20 Å². The van der Waals surface area contributed by atoms with Crippen LogP contribution in [-0.2, 0) is 21.0 Å². The summed E-state index contributed by atoms with van der Waals surface area (Å²) >= 11 is 1.48. The molecule has 1 aromatic carbocycles. The number of sulfonamides is 1. The minimum atomic E-state index is -4.83. The molecule has 1 aromatic heterocycles. The van der Waals surface area contributed by atoms with E-state index in [0.29, 0.717) is 32.2 Å². The van der Waals surface area contributed by atoms with Crippen molar-refractivity contribution in [3.05, 3.63) is 41.4 Å². The number of anilines is 1. The van der Waals surface area contributed by atoms with E-state index in [9.17, 15) is 26.4 Å². The average molecular weight is 448 g/mol. The molecule has 0 bridgehead atoms. The molecule has 0 saturated carbocycles. The van der Waals surface area contributed by atoms with E-state index in [0.717, 1.165) is 17.3 Å². The molecule has 158 valence electrons. The van der Waals surface area contributed by atoms with Crippen molar-refractivity contribution in [2.75, 3.05) is 31.1 Å². The van der Waals surface area contributed by atoms with E-state index in [2.05, 4.69) is 9.71 Å². The molecule has 1 aliphatic heterocycles. The molecule has 1 N–H and O–H groups in total. The third kappa shape index (κ3) is 4.87. The number of hydrogen-bond acceptors (Lipinski definition) is 6. The third-order valence-corrected chi connectivity index (χ3v) is 6.90. The van der Waals surface area contributed by atoms with Crippen LogP contribution in [0.15, 0.2) is 40.7 Å². The van der Waals surface area contributed by atoms with Gasteiger partial charge in [-0.1, -0.05) is 12.1 Å². The molecule has 1 aliphatic rings. The SMILES string of the molecule is C[C@@H](NS(=O)(=O)c1ccccc1C(F)(F)F)C(=O)N1CCN(c2nccs2)CC1. The van der Waals surface area contributed by atoms with Gasteiger partial charge in [-0.05, 0) is 19.1 Å². The highest BCUT2D eigenvalue weighted by Gasteiger charge is 2.38. The maximum absolute atomic E-state index is 13.1. The van der Waals surface area contributed by atoms with Crippen molar-refractivity contribution in [3.63, 3.8) is 0 Å². The largest absolute Gasteiger partial charge is 0.417 e. The molecule has 0 radical (unpaired) electrons. The van der Waals surface area contributed by atoms with Crippen molar-refractivity contribution in [2.24, 2.45) is 0 Å². The number of halogens is 3. The summed E-state index contributed by atoms with van der Waals surface area (Å²) in [6, 6.07) is 2.67. The fourth-order valence-electron chi connectivity index (χ4n) is 3.05. The normalized spacial score (nSPS) is 16.7. The zero-order valence-electron chi connectivity index (χ0n) is 15.4. The predicted octanol–water partition coefficient (Wildman–Crippen LogP) is 2.18. The molecule has 1 amide bonds. The number of rotatable bonds is 5. The zero-order chi connectivity index (χ0) is 21.2. The van der Waals surface area contributed by atoms with E-state index in [1.807, 2.05) is 10.3 Å². The van der Waals surface area contributed by atoms with Crippen LogP contribution in [0.4, 0.5) is 18.3 Å². The molecule has 7 nitrogen and oxygen atoms in total. The highest BCUT2D eigenvalue weighted by molar-refractivity contribution is 7.89. The van der Waals surface area contributed by atoms with Gasteiger partial charge in [-0.2, -0.15) is 17.9 Å². The average Bonchev–Trinajstić information content (AvgIpc) is 3.21. The lowest BCUT2D eigenvalue weighted by Gasteiger charge is -2.35. The Morgan fingerprint density at radius 2 is 1.86 bits per heavy atom. The van der Waals surface area contributed by atoms with Gasteiger partial charge >= 0.3 is 6.18 Å². The number of nitrogens with zero attached hydrogens (tertiary/aromatic N) is 3. The van der Waals surface area contributed by atoms with Gasteiger partial charge in [-0.3, -0.25) is 4.79 Å². The lowest BCUT2D eigenvalue weighted by molar-refractivity contribution is -0.139. The minimum Gasteiger partial charge on any atom is -0.345 e. The van der Waals surface area contributed by atoms with Crippen molar-refractivity contribution >= 4 is 32.4 Å². The molecule has 0 aliphatic carbocycles. The van der Waals surface area contributed by atoms with Gasteiger partial charge in [-0.15, -0.1) is 11.3 Å². The predicted molar refractivity (Wildman–Crippen MR) is 102 cm³/mol. The first-order valence-corrected chi connectivity index (χ1v) is 11.1. The number of amides is 1. The second-order valence-electron chi connectivity index (χ2n) is 6.46. The second-order valence-corrected chi connectivity index (χ2v) is 9.02. The van der Waals surface area contributed by atoms with Crippen LogP contribution >= 0.6 is 11.3 Å². The number of carbonyl (C=O) groups is 1. The molecule has 1 atom stereocenters. The molecule has 29 heavy (non-hydrogen) atoms. The van der Waals surface area contributed by atoms with Gasteiger partial charge in [0.2, 0.25) is 15.9 Å². The number of nitrogens with one attached hydrogen (secondary N) is 1. The summed E-state index contributed by atoms with van der Waals surface area (Å²) in [6.45, 7) is 3.13. The maximum atomic E-state index is 13.1. The summed E-state index contributed by atoms with van der Waals surface area (Å²) in [5.74, 6) is -0.489. The van der Waals surface area contributed by atoms with Crippen molar-refractivity contribution < 1.29 is 26.4 Å². The molecule has 1 fully saturated rings. The van der Waals surface area contributed by atoms with Gasteiger partial charge in [0.15, 0.2) is 5.13 Å². The van der Waals surface area contributed by atoms with Crippen LogP contribution in [0.5, 0.6) is 0 Å². The molecular formula is C17H19F3N4O3S2. The standard InChI is InChI=1S/C17H19F3N4O3S2/c1-12(15(25)23-7-9-24(10-8-23)16-21-6-11-28-16)22-29(26,27)14-5-3-2-4-13(14)17(18,19)20/h2-6,11-12,22H,7-10H2,1H3/t12-/m1/s1. The van der Waals surface area contributed by atoms with E-state index in [1.165, 1.54) is 29.2 Å². The smallest absolute Gasteiger partial charge is 0.345 e. The Hall–Kier alpha value is -2.18. The van der Waals surface area contributed by atoms with Crippen LogP contribution in [0.2, 0.25) is 0 Å². The Morgan fingerprint density at radius 3 is 2.45 bits per heavy atom. The molecule has 2 heterocycles. The number of thiazole rings is 1. The van der Waals surface area contributed by atoms with Gasteiger partial charge < -0.3 is 9.80 Å². The third-order valence-electron chi connectivity index (χ3n) is 4.47. The topological polar surface area (TPSA) is 82.6 Å². The fraction of sp³-hybridized carbons (Fsp3) is 0.412. The van der Waals surface area contributed by atoms with Crippen molar-refractivity contribution in [3.8, 4) is 0 Å². The number of aromatic nitrogens is 1. The van der Waals surface area contributed by atoms with Crippen molar-refractivity contribution in [2.45, 2.75) is 24.0 Å². The number of carbonyl (C=O) groups excluding carboxylic acids is 1. The first-order chi connectivity index (χ1) is 13.6. The van der Waals surface area contributed by atoms with Crippen LogP contribution in [0, 0.1) is 0 Å². The lowest BCUT2D eigenvalue weighted by Crippen LogP contribution is -2.54. The van der Waals surface area contributed by atoms with E-state index in [4.69, 9.17) is 0 Å². The summed E-state index contributed by atoms with van der Waals surface area (Å²) < 4.78 is 66.5. The van der Waals surface area contributed by atoms with Crippen molar-refractivity contribution in [1.82, 2.24) is 14.6 Å². The highest BCUT2D eigenvalue weighted by atomic mass is 32.2. The molecule has 0 unspecified atom stereocenters. The molecule has 2 aromatic rings. The molecule has 0 spiro atoms. The van der Waals surface area contributed by atoms with Crippen LogP contribution < -0.4 is 9.62 Å². The van der Waals surface area contributed by atoms with E-state index in [-0.39, 0.29) is 0 Å². The first kappa shape index (κ1) is 21.5. The molecule has 3 rings (SSSR count). The molecule has 1 saturated heterocycles. The summed E-state index contributed by atoms with van der Waals surface area (Å²) in [5, 5.41) is 2.69. The Kier molecular flexibility index (Phi) is 6.15. The van der Waals surface area contributed by atoms with Crippen molar-refractivity contribution in [1.29, 1.82) is 0 Å². The second kappa shape index (κ2) is 8.28. The highest BCUT2D eigenvalue weighted by Crippen LogP contribution is 2.34. The maximum Gasteiger partial charge on any atom is 0.417 e. The quantitative estimate of drug-likeness (QED) is 0.758. The van der Waals surface area contributed by atoms with E-state index < -0.39 is 38.6 Å². The molecule has 12 heteroatoms. The van der Waals surface area contributed by atoms with Crippen LogP contribution in [0.3, 0.4) is 0 Å². The Bertz CT molecular complexity index is 957.